The Balaban J connectivity index is 2.31. The molecule has 0 atom stereocenters. The van der Waals surface area contributed by atoms with Crippen molar-refractivity contribution >= 4 is 29.1 Å². The molecule has 0 saturated carbocycles. The summed E-state index contributed by atoms with van der Waals surface area (Å²) in [5.41, 5.74) is 1.77. The second-order valence-corrected chi connectivity index (χ2v) is 6.02. The van der Waals surface area contributed by atoms with Crippen LogP contribution >= 0.6 is 23.5 Å². The van der Waals surface area contributed by atoms with Gasteiger partial charge in [0.25, 0.3) is 0 Å². The van der Waals surface area contributed by atoms with Crippen molar-refractivity contribution in [2.75, 3.05) is 18.6 Å². The topological polar surface area (TPSA) is 33.0 Å². The highest BCUT2D eigenvalue weighted by Crippen LogP contribution is 2.40. The lowest BCUT2D eigenvalue weighted by molar-refractivity contribution is 0.415. The van der Waals surface area contributed by atoms with Gasteiger partial charge in [0.15, 0.2) is 0 Å². The molecule has 1 aliphatic heterocycles. The van der Waals surface area contributed by atoms with E-state index >= 15 is 0 Å². The van der Waals surface area contributed by atoms with E-state index in [1.54, 1.807) is 30.6 Å². The Morgan fingerprint density at radius 1 is 1.24 bits per heavy atom. The van der Waals surface area contributed by atoms with Crippen LogP contribution in [0.3, 0.4) is 0 Å². The van der Waals surface area contributed by atoms with Crippen LogP contribution in [0, 0.1) is 11.3 Å². The van der Waals surface area contributed by atoms with Gasteiger partial charge in [-0.05, 0) is 47.8 Å². The summed E-state index contributed by atoms with van der Waals surface area (Å²) >= 11 is 3.58. The Hall–Kier alpha value is -1.05. The number of methoxy groups -OCH3 is 1. The third kappa shape index (κ3) is 2.99. The van der Waals surface area contributed by atoms with Crippen LogP contribution in [0.1, 0.15) is 12.0 Å². The lowest BCUT2D eigenvalue weighted by Crippen LogP contribution is -1.95. The highest BCUT2D eigenvalue weighted by atomic mass is 32.2. The van der Waals surface area contributed by atoms with Gasteiger partial charge in [0.1, 0.15) is 11.8 Å². The zero-order chi connectivity index (χ0) is 12.1. The maximum atomic E-state index is 9.29. The van der Waals surface area contributed by atoms with Crippen LogP contribution in [0.4, 0.5) is 0 Å². The number of thioether (sulfide) groups is 2. The molecule has 0 amide bonds. The van der Waals surface area contributed by atoms with E-state index < -0.39 is 0 Å². The summed E-state index contributed by atoms with van der Waals surface area (Å²) in [5, 5.41) is 9.29. The normalized spacial score (nSPS) is 15.2. The van der Waals surface area contributed by atoms with Gasteiger partial charge in [0, 0.05) is 0 Å². The first-order valence-electron chi connectivity index (χ1n) is 5.39. The van der Waals surface area contributed by atoms with Crippen molar-refractivity contribution in [3.8, 4) is 11.8 Å². The van der Waals surface area contributed by atoms with E-state index in [1.165, 1.54) is 6.42 Å². The number of hydrogen-bond acceptors (Lipinski definition) is 4. The molecule has 0 radical (unpaired) electrons. The molecule has 1 saturated heterocycles. The third-order valence-electron chi connectivity index (χ3n) is 2.45. The molecule has 2 rings (SSSR count). The number of hydrogen-bond donors (Lipinski definition) is 0. The third-order valence-corrected chi connectivity index (χ3v) is 5.07. The molecule has 4 heteroatoms. The fraction of sp³-hybridized carbons (Fsp3) is 0.308. The highest BCUT2D eigenvalue weighted by Gasteiger charge is 2.14. The van der Waals surface area contributed by atoms with Crippen molar-refractivity contribution in [1.29, 1.82) is 5.26 Å². The second kappa shape index (κ2) is 6.04. The van der Waals surface area contributed by atoms with Crippen LogP contribution in [-0.4, -0.2) is 18.6 Å². The minimum atomic E-state index is 0.794. The average molecular weight is 263 g/mol. The molecule has 0 unspecified atom stereocenters. The van der Waals surface area contributed by atoms with E-state index in [0.717, 1.165) is 32.6 Å². The second-order valence-electron chi connectivity index (χ2n) is 3.55. The van der Waals surface area contributed by atoms with Crippen LogP contribution < -0.4 is 4.74 Å². The fourth-order valence-electron chi connectivity index (χ4n) is 1.56. The molecule has 0 aromatic heterocycles. The Bertz CT molecular complexity index is 451. The van der Waals surface area contributed by atoms with E-state index in [-0.39, 0.29) is 0 Å². The monoisotopic (exact) mass is 263 g/mol. The number of nitriles is 1. The van der Waals surface area contributed by atoms with Gasteiger partial charge in [-0.25, -0.2) is 0 Å². The zero-order valence-corrected chi connectivity index (χ0v) is 11.2. The molecule has 0 bridgehead atoms. The molecule has 17 heavy (non-hydrogen) atoms. The minimum absolute atomic E-state index is 0.794. The van der Waals surface area contributed by atoms with Crippen molar-refractivity contribution < 1.29 is 4.74 Å². The van der Waals surface area contributed by atoms with Gasteiger partial charge in [-0.15, -0.1) is 23.5 Å². The summed E-state index contributed by atoms with van der Waals surface area (Å²) in [6.07, 6.45) is 1.22. The maximum absolute atomic E-state index is 9.29. The van der Waals surface area contributed by atoms with Crippen LogP contribution in [0.25, 0.3) is 5.57 Å². The van der Waals surface area contributed by atoms with Crippen molar-refractivity contribution in [3.63, 3.8) is 0 Å². The zero-order valence-electron chi connectivity index (χ0n) is 9.60. The summed E-state index contributed by atoms with van der Waals surface area (Å²) < 4.78 is 6.28. The van der Waals surface area contributed by atoms with Crippen molar-refractivity contribution in [2.45, 2.75) is 6.42 Å². The Morgan fingerprint density at radius 3 is 2.41 bits per heavy atom. The number of rotatable bonds is 2. The summed E-state index contributed by atoms with van der Waals surface area (Å²) in [7, 11) is 1.64. The van der Waals surface area contributed by atoms with E-state index in [4.69, 9.17) is 4.74 Å². The Labute approximate surface area is 110 Å². The lowest BCUT2D eigenvalue weighted by atomic mass is 10.1. The van der Waals surface area contributed by atoms with Gasteiger partial charge in [-0.1, -0.05) is 0 Å². The Morgan fingerprint density at radius 2 is 1.88 bits per heavy atom. The molecule has 1 heterocycles. The molecule has 88 valence electrons. The maximum Gasteiger partial charge on any atom is 0.118 e. The minimum Gasteiger partial charge on any atom is -0.497 e. The quantitative estimate of drug-likeness (QED) is 0.761. The van der Waals surface area contributed by atoms with E-state index in [9.17, 15) is 5.26 Å². The van der Waals surface area contributed by atoms with Crippen LogP contribution in [0.5, 0.6) is 5.75 Å². The first-order valence-corrected chi connectivity index (χ1v) is 7.36. The molecule has 1 aliphatic rings. The van der Waals surface area contributed by atoms with Gasteiger partial charge in [-0.2, -0.15) is 5.26 Å². The smallest absolute Gasteiger partial charge is 0.118 e. The molecule has 0 spiro atoms. The molecule has 0 N–H and O–H groups in total. The summed E-state index contributed by atoms with van der Waals surface area (Å²) in [6.45, 7) is 0. The predicted octanol–water partition coefficient (Wildman–Crippen LogP) is 3.76. The first-order chi connectivity index (χ1) is 8.35. The first kappa shape index (κ1) is 12.4. The Kier molecular flexibility index (Phi) is 4.41. The molecule has 1 aromatic carbocycles. The van der Waals surface area contributed by atoms with Crippen molar-refractivity contribution in [2.24, 2.45) is 0 Å². The molecular weight excluding hydrogens is 250 g/mol. The number of ether oxygens (including phenoxy) is 1. The van der Waals surface area contributed by atoms with E-state index in [1.807, 2.05) is 24.3 Å². The standard InChI is InChI=1S/C13H13NOS2/c1-15-11-5-3-10(4-6-11)12(9-14)13-16-7-2-8-17-13/h3-6H,2,7-8H2,1H3. The van der Waals surface area contributed by atoms with Crippen LogP contribution in [0.2, 0.25) is 0 Å². The average Bonchev–Trinajstić information content (AvgIpc) is 2.42. The van der Waals surface area contributed by atoms with Crippen LogP contribution in [-0.2, 0) is 0 Å². The number of allylic oxidation sites excluding steroid dienone is 1. The highest BCUT2D eigenvalue weighted by molar-refractivity contribution is 8.23. The molecule has 1 fully saturated rings. The number of nitrogens with zero attached hydrogens (tertiary/aromatic N) is 1. The summed E-state index contributed by atoms with van der Waals surface area (Å²) in [4.78, 5) is 0. The van der Waals surface area contributed by atoms with E-state index in [0.29, 0.717) is 0 Å². The fourth-order valence-corrected chi connectivity index (χ4v) is 4.14. The van der Waals surface area contributed by atoms with Gasteiger partial charge in [0.2, 0.25) is 0 Å². The molecule has 2 nitrogen and oxygen atoms in total. The SMILES string of the molecule is COc1ccc(C(C#N)=C2SCCCS2)cc1. The van der Waals surface area contributed by atoms with Gasteiger partial charge >= 0.3 is 0 Å². The van der Waals surface area contributed by atoms with Crippen molar-refractivity contribution in [1.82, 2.24) is 0 Å². The van der Waals surface area contributed by atoms with Gasteiger partial charge in [-0.3, -0.25) is 0 Å². The van der Waals surface area contributed by atoms with E-state index in [2.05, 4.69) is 6.07 Å². The van der Waals surface area contributed by atoms with Crippen molar-refractivity contribution in [3.05, 3.63) is 34.1 Å². The molecular formula is C13H13NOS2. The number of benzene rings is 1. The van der Waals surface area contributed by atoms with Crippen LogP contribution in [0.15, 0.2) is 28.5 Å². The van der Waals surface area contributed by atoms with Gasteiger partial charge in [0.05, 0.1) is 16.9 Å². The molecule has 0 aliphatic carbocycles. The lowest BCUT2D eigenvalue weighted by Gasteiger charge is -2.14. The summed E-state index contributed by atoms with van der Waals surface area (Å²) in [6, 6.07) is 10.0. The van der Waals surface area contributed by atoms with Gasteiger partial charge < -0.3 is 4.74 Å². The summed E-state index contributed by atoms with van der Waals surface area (Å²) in [5.74, 6) is 3.05. The largest absolute Gasteiger partial charge is 0.497 e. The molecule has 1 aromatic rings. The predicted molar refractivity (Wildman–Crippen MR) is 75.1 cm³/mol.